The van der Waals surface area contributed by atoms with E-state index in [-0.39, 0.29) is 0 Å². The van der Waals surface area contributed by atoms with Crippen LogP contribution in [0.15, 0.2) is 84.9 Å². The van der Waals surface area contributed by atoms with E-state index in [4.69, 9.17) is 4.98 Å². The number of para-hydroxylation sites is 2. The van der Waals surface area contributed by atoms with Crippen molar-refractivity contribution in [1.82, 2.24) is 9.55 Å². The number of hydrogen-bond donors (Lipinski definition) is 0. The number of fused-ring (bicyclic) bond motifs is 6. The van der Waals surface area contributed by atoms with Gasteiger partial charge in [0, 0.05) is 33.3 Å². The lowest BCUT2D eigenvalue weighted by Gasteiger charge is -2.15. The number of rotatable bonds is 3. The van der Waals surface area contributed by atoms with Crippen molar-refractivity contribution in [2.75, 3.05) is 0 Å². The lowest BCUT2D eigenvalue weighted by Crippen LogP contribution is -2.01. The Morgan fingerprint density at radius 3 is 2.24 bits per heavy atom. The normalized spacial score (nSPS) is 12.2. The molecular weight excluding hydrogens is 400 g/mol. The predicted octanol–water partition coefficient (Wildman–Crippen LogP) is 8.87. The summed E-state index contributed by atoms with van der Waals surface area (Å²) < 4.78 is 2.49. The lowest BCUT2D eigenvalue weighted by atomic mass is 9.94. The van der Waals surface area contributed by atoms with Crippen molar-refractivity contribution in [2.45, 2.75) is 39.7 Å². The Morgan fingerprint density at radius 1 is 0.697 bits per heavy atom. The van der Waals surface area contributed by atoms with Crippen LogP contribution in [0.5, 0.6) is 0 Å². The van der Waals surface area contributed by atoms with Crippen LogP contribution in [0.3, 0.4) is 0 Å². The fourth-order valence-corrected chi connectivity index (χ4v) is 5.31. The van der Waals surface area contributed by atoms with Crippen molar-refractivity contribution in [3.8, 4) is 11.3 Å². The van der Waals surface area contributed by atoms with Crippen molar-refractivity contribution < 1.29 is 0 Å². The van der Waals surface area contributed by atoms with E-state index >= 15 is 0 Å². The van der Waals surface area contributed by atoms with Crippen molar-refractivity contribution in [1.29, 1.82) is 0 Å². The van der Waals surface area contributed by atoms with Crippen LogP contribution >= 0.6 is 0 Å². The van der Waals surface area contributed by atoms with Gasteiger partial charge in [-0.15, -0.1) is 0 Å². The van der Waals surface area contributed by atoms with Crippen molar-refractivity contribution in [2.24, 2.45) is 0 Å². The standard InChI is InChI=1S/C31H28N2/c1-19(2)21-16-17-23-22(18-21)10-9-13-24(23)30-29-26-12-6-8-15-28(26)33(20(3)4)31(29)25-11-5-7-14-27(25)32-30/h5-20H,1-4H3. The average molecular weight is 429 g/mol. The van der Waals surface area contributed by atoms with Crippen LogP contribution < -0.4 is 0 Å². The second kappa shape index (κ2) is 7.45. The second-order valence-electron chi connectivity index (χ2n) is 9.62. The van der Waals surface area contributed by atoms with Gasteiger partial charge in [0.1, 0.15) is 0 Å². The molecule has 2 heterocycles. The summed E-state index contributed by atoms with van der Waals surface area (Å²) in [4.78, 5) is 5.29. The van der Waals surface area contributed by atoms with Gasteiger partial charge in [0.15, 0.2) is 0 Å². The quantitative estimate of drug-likeness (QED) is 0.275. The summed E-state index contributed by atoms with van der Waals surface area (Å²) in [5.41, 5.74) is 7.23. The molecule has 0 aliphatic carbocycles. The van der Waals surface area contributed by atoms with Crippen LogP contribution in [-0.4, -0.2) is 9.55 Å². The molecule has 2 nitrogen and oxygen atoms in total. The largest absolute Gasteiger partial charge is 0.337 e. The van der Waals surface area contributed by atoms with E-state index in [1.54, 1.807) is 0 Å². The molecule has 33 heavy (non-hydrogen) atoms. The maximum Gasteiger partial charge on any atom is 0.0816 e. The minimum atomic E-state index is 0.340. The first-order valence-electron chi connectivity index (χ1n) is 11.9. The second-order valence-corrected chi connectivity index (χ2v) is 9.62. The van der Waals surface area contributed by atoms with Crippen molar-refractivity contribution in [3.63, 3.8) is 0 Å². The first-order chi connectivity index (χ1) is 16.0. The van der Waals surface area contributed by atoms with Gasteiger partial charge in [-0.2, -0.15) is 0 Å². The van der Waals surface area contributed by atoms with Crippen LogP contribution in [0.25, 0.3) is 54.7 Å². The van der Waals surface area contributed by atoms with Gasteiger partial charge in [0.05, 0.1) is 16.7 Å². The summed E-state index contributed by atoms with van der Waals surface area (Å²) in [5, 5.41) is 6.26. The zero-order valence-electron chi connectivity index (χ0n) is 19.6. The van der Waals surface area contributed by atoms with Crippen molar-refractivity contribution >= 4 is 43.5 Å². The van der Waals surface area contributed by atoms with Crippen LogP contribution in [0.4, 0.5) is 0 Å². The molecule has 0 bridgehead atoms. The number of pyridine rings is 1. The van der Waals surface area contributed by atoms with Gasteiger partial charge in [-0.05, 0) is 48.2 Å². The minimum Gasteiger partial charge on any atom is -0.337 e. The zero-order chi connectivity index (χ0) is 22.7. The third kappa shape index (κ3) is 2.97. The Morgan fingerprint density at radius 2 is 1.45 bits per heavy atom. The van der Waals surface area contributed by atoms with Crippen LogP contribution in [0.1, 0.15) is 45.2 Å². The smallest absolute Gasteiger partial charge is 0.0816 e. The SMILES string of the molecule is CC(C)c1ccc2c(-c3nc4ccccc4c4c3c3ccccc3n4C(C)C)cccc2c1. The van der Waals surface area contributed by atoms with Gasteiger partial charge in [0.25, 0.3) is 0 Å². The summed E-state index contributed by atoms with van der Waals surface area (Å²) in [6, 6.07) is 31.2. The van der Waals surface area contributed by atoms with E-state index < -0.39 is 0 Å². The Bertz CT molecular complexity index is 1670. The number of benzene rings is 4. The van der Waals surface area contributed by atoms with E-state index in [1.807, 2.05) is 0 Å². The summed E-state index contributed by atoms with van der Waals surface area (Å²) in [5.74, 6) is 0.507. The van der Waals surface area contributed by atoms with Gasteiger partial charge in [0.2, 0.25) is 0 Å². The molecule has 0 saturated carbocycles. The molecule has 6 aromatic rings. The Hall–Kier alpha value is -3.65. The van der Waals surface area contributed by atoms with E-state index in [0.717, 1.165) is 11.2 Å². The monoisotopic (exact) mass is 428 g/mol. The van der Waals surface area contributed by atoms with Gasteiger partial charge in [-0.25, -0.2) is 4.98 Å². The first kappa shape index (κ1) is 20.0. The molecule has 6 rings (SSSR count). The van der Waals surface area contributed by atoms with Gasteiger partial charge in [-0.3, -0.25) is 0 Å². The lowest BCUT2D eigenvalue weighted by molar-refractivity contribution is 0.643. The highest BCUT2D eigenvalue weighted by Gasteiger charge is 2.21. The Labute approximate surface area is 194 Å². The van der Waals surface area contributed by atoms with E-state index in [9.17, 15) is 0 Å². The number of hydrogen-bond acceptors (Lipinski definition) is 1. The maximum absolute atomic E-state index is 5.29. The van der Waals surface area contributed by atoms with Crippen LogP contribution in [0.2, 0.25) is 0 Å². The van der Waals surface area contributed by atoms with Crippen LogP contribution in [-0.2, 0) is 0 Å². The molecule has 162 valence electrons. The molecular formula is C31H28N2. The first-order valence-corrected chi connectivity index (χ1v) is 11.9. The molecule has 0 N–H and O–H groups in total. The molecule has 2 aromatic heterocycles. The summed E-state index contributed by atoms with van der Waals surface area (Å²) in [6.45, 7) is 9.04. The Balaban J connectivity index is 1.82. The fraction of sp³-hybridized carbons (Fsp3) is 0.194. The highest BCUT2D eigenvalue weighted by molar-refractivity contribution is 6.23. The fourth-order valence-electron chi connectivity index (χ4n) is 5.31. The average Bonchev–Trinajstić information content (AvgIpc) is 3.19. The van der Waals surface area contributed by atoms with Gasteiger partial charge >= 0.3 is 0 Å². The van der Waals surface area contributed by atoms with Gasteiger partial charge < -0.3 is 4.57 Å². The highest BCUT2D eigenvalue weighted by Crippen LogP contribution is 2.42. The molecule has 0 spiro atoms. The maximum atomic E-state index is 5.29. The van der Waals surface area contributed by atoms with Gasteiger partial charge in [-0.1, -0.05) is 86.6 Å². The predicted molar refractivity (Wildman–Crippen MR) is 142 cm³/mol. The zero-order valence-corrected chi connectivity index (χ0v) is 19.6. The minimum absolute atomic E-state index is 0.340. The molecule has 2 heteroatoms. The highest BCUT2D eigenvalue weighted by atomic mass is 15.0. The summed E-state index contributed by atoms with van der Waals surface area (Å²) in [6.07, 6.45) is 0. The number of nitrogens with zero attached hydrogens (tertiary/aromatic N) is 2. The van der Waals surface area contributed by atoms with E-state index in [2.05, 4.69) is 117 Å². The molecule has 0 aliphatic heterocycles. The molecule has 0 amide bonds. The Kier molecular flexibility index (Phi) is 4.51. The van der Waals surface area contributed by atoms with E-state index in [1.165, 1.54) is 49.1 Å². The third-order valence-corrected chi connectivity index (χ3v) is 6.88. The topological polar surface area (TPSA) is 17.8 Å². The van der Waals surface area contributed by atoms with Crippen molar-refractivity contribution in [3.05, 3.63) is 90.5 Å². The summed E-state index contributed by atoms with van der Waals surface area (Å²) in [7, 11) is 0. The molecule has 0 saturated heterocycles. The molecule has 0 atom stereocenters. The van der Waals surface area contributed by atoms with Crippen LogP contribution in [0, 0.1) is 0 Å². The molecule has 0 radical (unpaired) electrons. The molecule has 0 fully saturated rings. The number of aromatic nitrogens is 2. The van der Waals surface area contributed by atoms with E-state index in [0.29, 0.717) is 12.0 Å². The molecule has 4 aromatic carbocycles. The summed E-state index contributed by atoms with van der Waals surface area (Å²) >= 11 is 0. The molecule has 0 aliphatic rings. The molecule has 0 unspecified atom stereocenters. The third-order valence-electron chi connectivity index (χ3n) is 6.88.